The molecule has 0 aliphatic carbocycles. The summed E-state index contributed by atoms with van der Waals surface area (Å²) in [4.78, 5) is 12.4. The predicted octanol–water partition coefficient (Wildman–Crippen LogP) is 2.00. The van der Waals surface area contributed by atoms with Gasteiger partial charge < -0.3 is 14.6 Å². The number of ether oxygens (including phenoxy) is 1. The van der Waals surface area contributed by atoms with E-state index in [1.165, 1.54) is 0 Å². The van der Waals surface area contributed by atoms with E-state index < -0.39 is 0 Å². The van der Waals surface area contributed by atoms with Crippen molar-refractivity contribution in [3.63, 3.8) is 0 Å². The average molecular weight is 266 g/mol. The second-order valence-electron chi connectivity index (χ2n) is 4.93. The minimum Gasteiger partial charge on any atom is -0.383 e. The van der Waals surface area contributed by atoms with E-state index in [1.54, 1.807) is 11.7 Å². The highest BCUT2D eigenvalue weighted by Gasteiger charge is 2.09. The molecular weight excluding hydrogens is 240 g/mol. The molecule has 1 N–H and O–H groups in total. The van der Waals surface area contributed by atoms with Crippen LogP contribution in [0.3, 0.4) is 0 Å². The van der Waals surface area contributed by atoms with Crippen molar-refractivity contribution < 1.29 is 4.74 Å². The topological polar surface area (TPSA) is 43.3 Å². The summed E-state index contributed by atoms with van der Waals surface area (Å²) in [6, 6.07) is 2.08. The van der Waals surface area contributed by atoms with Crippen LogP contribution in [0, 0.1) is 13.8 Å². The van der Waals surface area contributed by atoms with Crippen LogP contribution < -0.4 is 10.9 Å². The van der Waals surface area contributed by atoms with Crippen LogP contribution in [0.15, 0.2) is 10.9 Å². The lowest BCUT2D eigenvalue weighted by Gasteiger charge is -2.14. The molecule has 0 aliphatic rings. The summed E-state index contributed by atoms with van der Waals surface area (Å²) >= 11 is 0. The fraction of sp³-hybridized carbons (Fsp3) is 0.667. The Kier molecular flexibility index (Phi) is 6.81. The van der Waals surface area contributed by atoms with Crippen molar-refractivity contribution in [1.82, 2.24) is 9.88 Å². The first kappa shape index (κ1) is 15.9. The van der Waals surface area contributed by atoms with Gasteiger partial charge in [0, 0.05) is 31.5 Å². The number of hydrogen-bond donors (Lipinski definition) is 1. The van der Waals surface area contributed by atoms with Crippen LogP contribution in [0.5, 0.6) is 0 Å². The number of methoxy groups -OCH3 is 1. The van der Waals surface area contributed by atoms with Crippen LogP contribution in [-0.4, -0.2) is 24.8 Å². The van der Waals surface area contributed by atoms with Gasteiger partial charge in [0.1, 0.15) is 0 Å². The van der Waals surface area contributed by atoms with Gasteiger partial charge in [0.25, 0.3) is 5.56 Å². The fourth-order valence-corrected chi connectivity index (χ4v) is 2.16. The van der Waals surface area contributed by atoms with Crippen LogP contribution in [0.25, 0.3) is 0 Å². The lowest BCUT2D eigenvalue weighted by atomic mass is 10.1. The maximum absolute atomic E-state index is 12.4. The minimum atomic E-state index is 0.110. The van der Waals surface area contributed by atoms with E-state index in [2.05, 4.69) is 18.3 Å². The Hall–Kier alpha value is -1.13. The zero-order valence-electron chi connectivity index (χ0n) is 12.6. The van der Waals surface area contributed by atoms with Crippen molar-refractivity contribution >= 4 is 0 Å². The van der Waals surface area contributed by atoms with Crippen LogP contribution in [-0.2, 0) is 17.8 Å². The number of unbranched alkanes of at least 4 members (excludes halogenated alkanes) is 1. The Bertz CT molecular complexity index is 452. The Morgan fingerprint density at radius 1 is 1.37 bits per heavy atom. The van der Waals surface area contributed by atoms with Gasteiger partial charge in [-0.25, -0.2) is 0 Å². The summed E-state index contributed by atoms with van der Waals surface area (Å²) in [6.45, 7) is 8.93. The molecule has 0 aromatic carbocycles. The maximum atomic E-state index is 12.4. The highest BCUT2D eigenvalue weighted by atomic mass is 16.5. The van der Waals surface area contributed by atoms with Gasteiger partial charge in [-0.1, -0.05) is 13.3 Å². The van der Waals surface area contributed by atoms with Gasteiger partial charge >= 0.3 is 0 Å². The smallest absolute Gasteiger partial charge is 0.255 e. The zero-order valence-corrected chi connectivity index (χ0v) is 12.6. The molecule has 0 radical (unpaired) electrons. The van der Waals surface area contributed by atoms with Gasteiger partial charge in [0.05, 0.1) is 6.61 Å². The van der Waals surface area contributed by atoms with E-state index in [4.69, 9.17) is 4.74 Å². The molecule has 0 unspecified atom stereocenters. The van der Waals surface area contributed by atoms with E-state index in [1.807, 2.05) is 13.8 Å². The van der Waals surface area contributed by atoms with Crippen LogP contribution >= 0.6 is 0 Å². The van der Waals surface area contributed by atoms with Gasteiger partial charge in [-0.05, 0) is 38.4 Å². The number of rotatable bonds is 8. The summed E-state index contributed by atoms with van der Waals surface area (Å²) in [6.07, 6.45) is 2.31. The highest BCUT2D eigenvalue weighted by Crippen LogP contribution is 2.06. The molecule has 19 heavy (non-hydrogen) atoms. The quantitative estimate of drug-likeness (QED) is 0.732. The van der Waals surface area contributed by atoms with E-state index >= 15 is 0 Å². The monoisotopic (exact) mass is 266 g/mol. The third-order valence-electron chi connectivity index (χ3n) is 3.36. The molecular formula is C15H26N2O2. The molecule has 1 heterocycles. The van der Waals surface area contributed by atoms with Gasteiger partial charge in [0.15, 0.2) is 0 Å². The van der Waals surface area contributed by atoms with E-state index in [9.17, 15) is 4.79 Å². The molecule has 0 spiro atoms. The number of nitrogens with one attached hydrogen (secondary N) is 1. The maximum Gasteiger partial charge on any atom is 0.255 e. The molecule has 4 nitrogen and oxygen atoms in total. The van der Waals surface area contributed by atoms with Gasteiger partial charge in [0.2, 0.25) is 0 Å². The molecule has 4 heteroatoms. The zero-order chi connectivity index (χ0) is 14.3. The van der Waals surface area contributed by atoms with Crippen molar-refractivity contribution in [2.45, 2.75) is 46.7 Å². The Morgan fingerprint density at radius 3 is 2.74 bits per heavy atom. The minimum absolute atomic E-state index is 0.110. The summed E-state index contributed by atoms with van der Waals surface area (Å²) in [5.74, 6) is 0. The molecule has 0 amide bonds. The first-order valence-corrected chi connectivity index (χ1v) is 7.01. The van der Waals surface area contributed by atoms with Crippen molar-refractivity contribution in [2.75, 3.05) is 20.3 Å². The SMILES string of the molecule is CCCCNCc1c(C)cc(C)n(CCOC)c1=O. The molecule has 0 bridgehead atoms. The normalized spacial score (nSPS) is 10.9. The molecule has 1 aromatic rings. The second kappa shape index (κ2) is 8.12. The van der Waals surface area contributed by atoms with Crippen molar-refractivity contribution in [2.24, 2.45) is 0 Å². The number of aryl methyl sites for hydroxylation is 2. The number of nitrogens with zero attached hydrogens (tertiary/aromatic N) is 1. The summed E-state index contributed by atoms with van der Waals surface area (Å²) in [7, 11) is 1.65. The van der Waals surface area contributed by atoms with Crippen molar-refractivity contribution in [3.05, 3.63) is 33.2 Å². The van der Waals surface area contributed by atoms with E-state index in [0.29, 0.717) is 19.7 Å². The number of aromatic nitrogens is 1. The summed E-state index contributed by atoms with van der Waals surface area (Å²) < 4.78 is 6.86. The van der Waals surface area contributed by atoms with Crippen LogP contribution in [0.2, 0.25) is 0 Å². The number of hydrogen-bond acceptors (Lipinski definition) is 3. The Morgan fingerprint density at radius 2 is 2.11 bits per heavy atom. The fourth-order valence-electron chi connectivity index (χ4n) is 2.16. The molecule has 0 aliphatic heterocycles. The largest absolute Gasteiger partial charge is 0.383 e. The standard InChI is InChI=1S/C15H26N2O2/c1-5-6-7-16-11-14-12(2)10-13(3)17(15(14)18)8-9-19-4/h10,16H,5-9,11H2,1-4H3. The van der Waals surface area contributed by atoms with E-state index in [0.717, 1.165) is 36.2 Å². The lowest BCUT2D eigenvalue weighted by Crippen LogP contribution is -2.31. The Balaban J connectivity index is 2.87. The lowest BCUT2D eigenvalue weighted by molar-refractivity contribution is 0.185. The summed E-state index contributed by atoms with van der Waals surface area (Å²) in [5.41, 5.74) is 3.05. The third-order valence-corrected chi connectivity index (χ3v) is 3.36. The number of pyridine rings is 1. The molecule has 108 valence electrons. The average Bonchev–Trinajstić information content (AvgIpc) is 2.37. The van der Waals surface area contributed by atoms with Gasteiger partial charge in [-0.2, -0.15) is 0 Å². The molecule has 1 rings (SSSR count). The predicted molar refractivity (Wildman–Crippen MR) is 78.7 cm³/mol. The molecule has 0 saturated heterocycles. The van der Waals surface area contributed by atoms with Crippen molar-refractivity contribution in [1.29, 1.82) is 0 Å². The second-order valence-corrected chi connectivity index (χ2v) is 4.93. The van der Waals surface area contributed by atoms with Gasteiger partial charge in [-0.3, -0.25) is 4.79 Å². The van der Waals surface area contributed by atoms with Crippen molar-refractivity contribution in [3.8, 4) is 0 Å². The molecule has 0 fully saturated rings. The van der Waals surface area contributed by atoms with Crippen LogP contribution in [0.4, 0.5) is 0 Å². The first-order chi connectivity index (χ1) is 9.11. The third kappa shape index (κ3) is 4.48. The first-order valence-electron chi connectivity index (χ1n) is 7.01. The summed E-state index contributed by atoms with van der Waals surface area (Å²) in [5, 5.41) is 3.34. The molecule has 0 atom stereocenters. The van der Waals surface area contributed by atoms with Crippen LogP contribution in [0.1, 0.15) is 36.6 Å². The van der Waals surface area contributed by atoms with Gasteiger partial charge in [-0.15, -0.1) is 0 Å². The van der Waals surface area contributed by atoms with E-state index in [-0.39, 0.29) is 5.56 Å². The molecule has 1 aromatic heterocycles. The highest BCUT2D eigenvalue weighted by molar-refractivity contribution is 5.26. The molecule has 0 saturated carbocycles. The Labute approximate surface area is 115 Å².